The summed E-state index contributed by atoms with van der Waals surface area (Å²) in [4.78, 5) is 19.3. The summed E-state index contributed by atoms with van der Waals surface area (Å²) in [6.45, 7) is 2.41. The van der Waals surface area contributed by atoms with Crippen LogP contribution in [0.25, 0.3) is 10.2 Å². The first-order chi connectivity index (χ1) is 13.7. The summed E-state index contributed by atoms with van der Waals surface area (Å²) in [7, 11) is 0. The van der Waals surface area contributed by atoms with Crippen molar-refractivity contribution in [3.8, 4) is 5.75 Å². The Morgan fingerprint density at radius 3 is 3.00 bits per heavy atom. The second-order valence-electron chi connectivity index (χ2n) is 6.85. The normalized spacial score (nSPS) is 16.9. The van der Waals surface area contributed by atoms with E-state index in [1.165, 1.54) is 23.5 Å². The van der Waals surface area contributed by atoms with E-state index < -0.39 is 0 Å². The van der Waals surface area contributed by atoms with E-state index in [-0.39, 0.29) is 17.6 Å². The van der Waals surface area contributed by atoms with Gasteiger partial charge in [-0.1, -0.05) is 29.5 Å². The van der Waals surface area contributed by atoms with Crippen LogP contribution in [0.1, 0.15) is 12.8 Å². The number of anilines is 1. The van der Waals surface area contributed by atoms with E-state index in [2.05, 4.69) is 15.2 Å². The number of nitrogens with one attached hydrogen (secondary N) is 1. The van der Waals surface area contributed by atoms with E-state index in [9.17, 15) is 9.18 Å². The monoisotopic (exact) mass is 399 g/mol. The minimum Gasteiger partial charge on any atom is -0.492 e. The molecule has 0 saturated carbocycles. The molecule has 1 aliphatic rings. The Balaban J connectivity index is 1.30. The minimum absolute atomic E-state index is 0.0496. The number of ether oxygens (including phenoxy) is 1. The third kappa shape index (κ3) is 4.42. The lowest BCUT2D eigenvalue weighted by molar-refractivity contribution is -0.125. The average Bonchev–Trinajstić information content (AvgIpc) is 3.15. The van der Waals surface area contributed by atoms with Crippen LogP contribution in [0.15, 0.2) is 48.5 Å². The van der Waals surface area contributed by atoms with Gasteiger partial charge in [0, 0.05) is 13.1 Å². The zero-order valence-corrected chi connectivity index (χ0v) is 16.3. The van der Waals surface area contributed by atoms with Crippen molar-refractivity contribution in [3.05, 3.63) is 54.3 Å². The number of hydrogen-bond donors (Lipinski definition) is 1. The number of benzene rings is 2. The van der Waals surface area contributed by atoms with Gasteiger partial charge in [-0.25, -0.2) is 9.37 Å². The van der Waals surface area contributed by atoms with E-state index in [0.717, 1.165) is 40.5 Å². The number of thiazole rings is 1. The van der Waals surface area contributed by atoms with Crippen molar-refractivity contribution in [3.63, 3.8) is 0 Å². The lowest BCUT2D eigenvalue weighted by Crippen LogP contribution is -2.43. The van der Waals surface area contributed by atoms with Crippen LogP contribution in [0.5, 0.6) is 5.75 Å². The summed E-state index contributed by atoms with van der Waals surface area (Å²) in [5.41, 5.74) is 0.797. The van der Waals surface area contributed by atoms with Crippen LogP contribution in [0, 0.1) is 11.7 Å². The van der Waals surface area contributed by atoms with Gasteiger partial charge in [-0.2, -0.15) is 0 Å². The lowest BCUT2D eigenvalue weighted by atomic mass is 9.97. The van der Waals surface area contributed by atoms with Crippen molar-refractivity contribution in [2.24, 2.45) is 5.92 Å². The molecule has 4 rings (SSSR count). The van der Waals surface area contributed by atoms with Gasteiger partial charge in [0.05, 0.1) is 22.7 Å². The first-order valence-corrected chi connectivity index (χ1v) is 10.3. The number of piperidine rings is 1. The van der Waals surface area contributed by atoms with Crippen molar-refractivity contribution >= 4 is 32.6 Å². The highest BCUT2D eigenvalue weighted by atomic mass is 32.1. The van der Waals surface area contributed by atoms with Crippen LogP contribution in [-0.4, -0.2) is 37.1 Å². The van der Waals surface area contributed by atoms with Crippen molar-refractivity contribution in [1.29, 1.82) is 0 Å². The summed E-state index contributed by atoms with van der Waals surface area (Å²) in [5, 5.41) is 3.82. The van der Waals surface area contributed by atoms with Crippen LogP contribution < -0.4 is 15.0 Å². The van der Waals surface area contributed by atoms with Gasteiger partial charge >= 0.3 is 0 Å². The molecule has 1 fully saturated rings. The van der Waals surface area contributed by atoms with Gasteiger partial charge in [-0.05, 0) is 43.2 Å². The number of fused-ring (bicyclic) bond motifs is 1. The fourth-order valence-corrected chi connectivity index (χ4v) is 4.42. The first-order valence-electron chi connectivity index (χ1n) is 9.45. The maximum absolute atomic E-state index is 13.4. The van der Waals surface area contributed by atoms with E-state index in [1.54, 1.807) is 6.07 Å². The van der Waals surface area contributed by atoms with Gasteiger partial charge < -0.3 is 15.0 Å². The predicted molar refractivity (Wildman–Crippen MR) is 109 cm³/mol. The average molecular weight is 399 g/mol. The number of carbonyl (C=O) groups is 1. The molecule has 28 heavy (non-hydrogen) atoms. The summed E-state index contributed by atoms with van der Waals surface area (Å²) in [5.74, 6) is 0.520. The number of para-hydroxylation sites is 1. The maximum Gasteiger partial charge on any atom is 0.225 e. The van der Waals surface area contributed by atoms with Gasteiger partial charge in [-0.15, -0.1) is 0 Å². The van der Waals surface area contributed by atoms with Crippen LogP contribution >= 0.6 is 11.3 Å². The van der Waals surface area contributed by atoms with Crippen molar-refractivity contribution in [2.75, 3.05) is 31.1 Å². The molecular weight excluding hydrogens is 377 g/mol. The Bertz CT molecular complexity index is 947. The lowest BCUT2D eigenvalue weighted by Gasteiger charge is -2.31. The zero-order chi connectivity index (χ0) is 19.3. The van der Waals surface area contributed by atoms with E-state index >= 15 is 0 Å². The number of aromatic nitrogens is 1. The molecule has 2 aromatic carbocycles. The Hall–Kier alpha value is -2.67. The quantitative estimate of drug-likeness (QED) is 0.640. The highest BCUT2D eigenvalue weighted by molar-refractivity contribution is 7.22. The molecular formula is C21H22FN3O2S. The van der Waals surface area contributed by atoms with Gasteiger partial charge in [-0.3, -0.25) is 4.79 Å². The van der Waals surface area contributed by atoms with Crippen LogP contribution in [-0.2, 0) is 4.79 Å². The SMILES string of the molecule is O=C(NCCOc1ccccc1)C1CCCN(c2nc3ccc(F)cc3s2)C1. The third-order valence-electron chi connectivity index (χ3n) is 4.82. The largest absolute Gasteiger partial charge is 0.492 e. The fraction of sp³-hybridized carbons (Fsp3) is 0.333. The Morgan fingerprint density at radius 1 is 1.29 bits per heavy atom. The number of hydrogen-bond acceptors (Lipinski definition) is 5. The molecule has 1 amide bonds. The van der Waals surface area contributed by atoms with Gasteiger partial charge in [0.15, 0.2) is 5.13 Å². The Morgan fingerprint density at radius 2 is 2.14 bits per heavy atom. The molecule has 1 aromatic heterocycles. The Labute approximate surface area is 167 Å². The van der Waals surface area contributed by atoms with Gasteiger partial charge in [0.25, 0.3) is 0 Å². The van der Waals surface area contributed by atoms with E-state index in [0.29, 0.717) is 19.7 Å². The van der Waals surface area contributed by atoms with Crippen LogP contribution in [0.4, 0.5) is 9.52 Å². The molecule has 1 unspecified atom stereocenters. The summed E-state index contributed by atoms with van der Waals surface area (Å²) in [6, 6.07) is 14.2. The Kier molecular flexibility index (Phi) is 5.71. The van der Waals surface area contributed by atoms with Crippen LogP contribution in [0.2, 0.25) is 0 Å². The number of nitrogens with zero attached hydrogens (tertiary/aromatic N) is 2. The topological polar surface area (TPSA) is 54.5 Å². The molecule has 1 N–H and O–H groups in total. The van der Waals surface area contributed by atoms with Crippen LogP contribution in [0.3, 0.4) is 0 Å². The van der Waals surface area contributed by atoms with Gasteiger partial charge in [0.1, 0.15) is 18.2 Å². The summed E-state index contributed by atoms with van der Waals surface area (Å²) < 4.78 is 19.9. The third-order valence-corrected chi connectivity index (χ3v) is 5.89. The summed E-state index contributed by atoms with van der Waals surface area (Å²) >= 11 is 1.47. The number of amides is 1. The van der Waals surface area contributed by atoms with Crippen molar-refractivity contribution in [2.45, 2.75) is 12.8 Å². The molecule has 0 aliphatic carbocycles. The minimum atomic E-state index is -0.253. The molecule has 3 aromatic rings. The fourth-order valence-electron chi connectivity index (χ4n) is 3.39. The van der Waals surface area contributed by atoms with Crippen molar-refractivity contribution in [1.82, 2.24) is 10.3 Å². The molecule has 146 valence electrons. The molecule has 1 aliphatic heterocycles. The molecule has 7 heteroatoms. The molecule has 1 atom stereocenters. The second kappa shape index (κ2) is 8.56. The number of halogens is 1. The highest BCUT2D eigenvalue weighted by Crippen LogP contribution is 2.32. The standard InChI is InChI=1S/C21H22FN3O2S/c22-16-8-9-18-19(13-16)28-21(24-18)25-11-4-5-15(14-25)20(26)23-10-12-27-17-6-2-1-3-7-17/h1-3,6-9,13,15H,4-5,10-12,14H2,(H,23,26). The molecule has 1 saturated heterocycles. The van der Waals surface area contributed by atoms with E-state index in [4.69, 9.17) is 4.74 Å². The zero-order valence-electron chi connectivity index (χ0n) is 15.4. The van der Waals surface area contributed by atoms with Crippen molar-refractivity contribution < 1.29 is 13.9 Å². The number of rotatable bonds is 6. The predicted octanol–water partition coefficient (Wildman–Crippen LogP) is 3.85. The smallest absolute Gasteiger partial charge is 0.225 e. The first kappa shape index (κ1) is 18.7. The summed E-state index contributed by atoms with van der Waals surface area (Å²) in [6.07, 6.45) is 1.80. The highest BCUT2D eigenvalue weighted by Gasteiger charge is 2.27. The van der Waals surface area contributed by atoms with E-state index in [1.807, 2.05) is 30.3 Å². The molecule has 0 bridgehead atoms. The van der Waals surface area contributed by atoms with Gasteiger partial charge in [0.2, 0.25) is 5.91 Å². The molecule has 0 spiro atoms. The second-order valence-corrected chi connectivity index (χ2v) is 7.86. The number of carbonyl (C=O) groups excluding carboxylic acids is 1. The molecule has 2 heterocycles. The molecule has 5 nitrogen and oxygen atoms in total. The maximum atomic E-state index is 13.4. The molecule has 0 radical (unpaired) electrons.